The lowest BCUT2D eigenvalue weighted by molar-refractivity contribution is 0.126. The van der Waals surface area contributed by atoms with Crippen LogP contribution in [0.15, 0.2) is 69.5 Å². The highest BCUT2D eigenvalue weighted by Gasteiger charge is 2.36. The monoisotopic (exact) mass is 844 g/mol. The highest BCUT2D eigenvalue weighted by Crippen LogP contribution is 2.36. The molecular weight excluding hydrogens is 795 g/mol. The fourth-order valence-corrected chi connectivity index (χ4v) is 8.83. The van der Waals surface area contributed by atoms with Crippen LogP contribution in [-0.2, 0) is 26.6 Å². The Morgan fingerprint density at radius 1 is 1.00 bits per heavy atom. The summed E-state index contributed by atoms with van der Waals surface area (Å²) in [6, 6.07) is 9.65. The zero-order chi connectivity index (χ0) is 40.1. The third kappa shape index (κ3) is 12.4. The van der Waals surface area contributed by atoms with Gasteiger partial charge in [-0.1, -0.05) is 59.1 Å². The zero-order valence-electron chi connectivity index (χ0n) is 31.8. The number of sulfonamides is 2. The molecule has 4 rings (SSSR count). The molecule has 0 aromatic heterocycles. The number of ether oxygens (including phenoxy) is 1. The minimum atomic E-state index is -4.16. The van der Waals surface area contributed by atoms with Crippen LogP contribution in [0.5, 0.6) is 5.75 Å². The van der Waals surface area contributed by atoms with Gasteiger partial charge < -0.3 is 9.64 Å². The molecule has 2 aromatic rings. The van der Waals surface area contributed by atoms with Crippen LogP contribution >= 0.6 is 34.8 Å². The van der Waals surface area contributed by atoms with Crippen molar-refractivity contribution in [1.29, 1.82) is 0 Å². The zero-order valence-corrected chi connectivity index (χ0v) is 35.7. The van der Waals surface area contributed by atoms with E-state index in [1.54, 1.807) is 49.6 Å². The Balaban J connectivity index is 1.90. The van der Waals surface area contributed by atoms with Gasteiger partial charge >= 0.3 is 6.03 Å². The summed E-state index contributed by atoms with van der Waals surface area (Å²) in [6.45, 7) is 13.7. The fraction of sp³-hybridized carbons (Fsp3) is 0.514. The second kappa shape index (κ2) is 18.1. The maximum absolute atomic E-state index is 14.9. The fourth-order valence-electron chi connectivity index (χ4n) is 6.12. The molecular formula is C37H51Cl3N6O6S2. The Kier molecular flexibility index (Phi) is 14.7. The predicted molar refractivity (Wildman–Crippen MR) is 218 cm³/mol. The Morgan fingerprint density at radius 2 is 1.65 bits per heavy atom. The van der Waals surface area contributed by atoms with E-state index < -0.39 is 31.1 Å². The Morgan fingerprint density at radius 3 is 2.20 bits per heavy atom. The molecule has 1 heterocycles. The van der Waals surface area contributed by atoms with Gasteiger partial charge in [0.2, 0.25) is 20.0 Å². The first kappa shape index (κ1) is 44.0. The molecule has 2 aromatic carbocycles. The number of allylic oxidation sites excluding steroid dienone is 3. The lowest BCUT2D eigenvalue weighted by atomic mass is 9.83. The first-order valence-corrected chi connectivity index (χ1v) is 22.2. The van der Waals surface area contributed by atoms with Gasteiger partial charge in [0.15, 0.2) is 0 Å². The molecule has 1 atom stereocenters. The number of hydrogen-bond acceptors (Lipinski definition) is 8. The van der Waals surface area contributed by atoms with Crippen LogP contribution in [0, 0.1) is 5.92 Å². The minimum Gasteiger partial charge on any atom is -0.493 e. The first-order valence-electron chi connectivity index (χ1n) is 17.7. The topological polar surface area (TPSA) is 141 Å². The molecule has 54 heavy (non-hydrogen) atoms. The van der Waals surface area contributed by atoms with Crippen LogP contribution in [0.3, 0.4) is 0 Å². The first-order chi connectivity index (χ1) is 25.1. The van der Waals surface area contributed by atoms with Crippen molar-refractivity contribution >= 4 is 66.7 Å². The third-order valence-electron chi connectivity index (χ3n) is 8.84. The number of benzene rings is 2. The van der Waals surface area contributed by atoms with E-state index in [-0.39, 0.29) is 58.7 Å². The van der Waals surface area contributed by atoms with Crippen molar-refractivity contribution in [3.05, 3.63) is 80.8 Å². The molecule has 17 heteroatoms. The largest absolute Gasteiger partial charge is 0.493 e. The maximum atomic E-state index is 14.9. The average molecular weight is 846 g/mol. The van der Waals surface area contributed by atoms with Crippen LogP contribution in [0.25, 0.3) is 0 Å². The van der Waals surface area contributed by atoms with Crippen LogP contribution < -0.4 is 14.2 Å². The van der Waals surface area contributed by atoms with E-state index in [1.165, 1.54) is 12.1 Å². The van der Waals surface area contributed by atoms with Crippen LogP contribution in [0.1, 0.15) is 59.1 Å². The lowest BCUT2D eigenvalue weighted by Crippen LogP contribution is -2.55. The summed E-state index contributed by atoms with van der Waals surface area (Å²) in [6.07, 6.45) is 7.44. The standard InChI is InChI=1S/C37H51Cl3N6O6S2/c1-8-52-32-24-31(40)33(54(50,51)43-36(2,3)4)23-30(32)34(42-37(5,6)27-11-15-29(39)16-12-27)46(25-26-9-13-28(38)14-10-26)35(47)45-21-19-44(20-22-45)18-17-41-53(7,48)49/h9-11,13-16,23-24,27,41,43H,8,12,17-22,25H2,1-7H3. The van der Waals surface area contributed by atoms with Crippen molar-refractivity contribution in [2.24, 2.45) is 10.9 Å². The molecule has 0 radical (unpaired) electrons. The molecule has 2 aliphatic rings. The van der Waals surface area contributed by atoms with E-state index in [0.29, 0.717) is 49.2 Å². The van der Waals surface area contributed by atoms with E-state index >= 15 is 0 Å². The molecule has 0 saturated carbocycles. The van der Waals surface area contributed by atoms with Crippen LogP contribution in [-0.4, -0.2) is 107 Å². The molecule has 1 aliphatic heterocycles. The normalized spacial score (nSPS) is 17.7. The van der Waals surface area contributed by atoms with Gasteiger partial charge in [-0.3, -0.25) is 14.8 Å². The smallest absolute Gasteiger partial charge is 0.326 e. The molecule has 2 amide bonds. The second-order valence-electron chi connectivity index (χ2n) is 14.9. The molecule has 0 spiro atoms. The van der Waals surface area contributed by atoms with Gasteiger partial charge in [-0.25, -0.2) is 31.1 Å². The number of piperazine rings is 1. The number of hydrogen-bond donors (Lipinski definition) is 2. The van der Waals surface area contributed by atoms with E-state index in [9.17, 15) is 21.6 Å². The van der Waals surface area contributed by atoms with Crippen molar-refractivity contribution < 1.29 is 26.4 Å². The summed E-state index contributed by atoms with van der Waals surface area (Å²) in [4.78, 5) is 25.5. The molecule has 0 bridgehead atoms. The van der Waals surface area contributed by atoms with Gasteiger partial charge in [0.1, 0.15) is 16.5 Å². The van der Waals surface area contributed by atoms with Gasteiger partial charge in [0.05, 0.1) is 35.5 Å². The van der Waals surface area contributed by atoms with Gasteiger partial charge in [-0.15, -0.1) is 0 Å². The summed E-state index contributed by atoms with van der Waals surface area (Å²) in [5.74, 6) is 0.326. The third-order valence-corrected chi connectivity index (χ3v) is 12.3. The molecule has 298 valence electrons. The van der Waals surface area contributed by atoms with Crippen molar-refractivity contribution in [3.8, 4) is 5.75 Å². The van der Waals surface area contributed by atoms with E-state index in [1.807, 2.05) is 44.2 Å². The lowest BCUT2D eigenvalue weighted by Gasteiger charge is -2.39. The van der Waals surface area contributed by atoms with E-state index in [0.717, 1.165) is 11.8 Å². The number of carbonyl (C=O) groups is 1. The summed E-state index contributed by atoms with van der Waals surface area (Å²) in [5.41, 5.74) is -0.633. The molecule has 1 fully saturated rings. The number of halogens is 3. The summed E-state index contributed by atoms with van der Waals surface area (Å²) in [5, 5.41) is 1.10. The van der Waals surface area contributed by atoms with Gasteiger partial charge in [0, 0.05) is 66.8 Å². The molecule has 1 saturated heterocycles. The predicted octanol–water partition coefficient (Wildman–Crippen LogP) is 6.48. The minimum absolute atomic E-state index is 0.0513. The molecule has 2 N–H and O–H groups in total. The van der Waals surface area contributed by atoms with E-state index in [4.69, 9.17) is 44.5 Å². The van der Waals surface area contributed by atoms with Crippen molar-refractivity contribution in [3.63, 3.8) is 0 Å². The highest BCUT2D eigenvalue weighted by atomic mass is 35.5. The molecule has 1 unspecified atom stereocenters. The van der Waals surface area contributed by atoms with Crippen molar-refractivity contribution in [2.45, 2.75) is 70.5 Å². The Hall–Kier alpha value is -2.69. The quantitative estimate of drug-likeness (QED) is 0.174. The number of carbonyl (C=O) groups excluding carboxylic acids is 1. The van der Waals surface area contributed by atoms with Gasteiger partial charge in [-0.2, -0.15) is 0 Å². The van der Waals surface area contributed by atoms with Crippen molar-refractivity contribution in [1.82, 2.24) is 24.1 Å². The number of rotatable bonds is 13. The number of aliphatic imine (C=N–C) groups is 1. The van der Waals surface area contributed by atoms with E-state index in [2.05, 4.69) is 14.3 Å². The number of nitrogens with one attached hydrogen (secondary N) is 2. The van der Waals surface area contributed by atoms with Crippen LogP contribution in [0.2, 0.25) is 10.0 Å². The summed E-state index contributed by atoms with van der Waals surface area (Å²) >= 11 is 19.2. The van der Waals surface area contributed by atoms with Gasteiger partial charge in [-0.05, 0) is 77.8 Å². The number of amides is 2. The van der Waals surface area contributed by atoms with Crippen LogP contribution in [0.4, 0.5) is 4.79 Å². The summed E-state index contributed by atoms with van der Waals surface area (Å²) in [7, 11) is -7.49. The van der Waals surface area contributed by atoms with Gasteiger partial charge in [0.25, 0.3) is 0 Å². The van der Waals surface area contributed by atoms with Crippen molar-refractivity contribution in [2.75, 3.05) is 52.1 Å². The second-order valence-corrected chi connectivity index (χ2v) is 19.7. The Labute approximate surface area is 335 Å². The summed E-state index contributed by atoms with van der Waals surface area (Å²) < 4.78 is 62.2. The number of nitrogens with zero attached hydrogens (tertiary/aromatic N) is 4. The number of amidine groups is 1. The maximum Gasteiger partial charge on any atom is 0.326 e. The highest BCUT2D eigenvalue weighted by molar-refractivity contribution is 7.89. The SMILES string of the molecule is CCOc1cc(Cl)c(S(=O)(=O)NC(C)(C)C)cc1C(=NC(C)(C)C1C=CC(Cl)=CC1)N(Cc1ccc(Cl)cc1)C(=O)N1CCN(CCNS(C)(=O)=O)CC1. The Bertz CT molecular complexity index is 1970. The molecule has 12 nitrogen and oxygen atoms in total. The number of urea groups is 1. The molecule has 1 aliphatic carbocycles. The average Bonchev–Trinajstić information content (AvgIpc) is 3.06.